The van der Waals surface area contributed by atoms with Gasteiger partial charge >= 0.3 is 0 Å². The summed E-state index contributed by atoms with van der Waals surface area (Å²) in [7, 11) is 0. The average Bonchev–Trinajstić information content (AvgIpc) is 2.62. The third-order valence-electron chi connectivity index (χ3n) is 2.59. The monoisotopic (exact) mass is 238 g/mol. The molecule has 1 aromatic carbocycles. The van der Waals surface area contributed by atoms with Crippen LogP contribution in [-0.4, -0.2) is 5.88 Å². The highest BCUT2D eigenvalue weighted by atomic mass is 35.5. The Kier molecular flexibility index (Phi) is 3.03. The van der Waals surface area contributed by atoms with Crippen molar-refractivity contribution in [1.82, 2.24) is 0 Å². The van der Waals surface area contributed by atoms with E-state index in [0.29, 0.717) is 5.88 Å². The molecular formula is C13H15ClS. The molecule has 2 rings (SSSR count). The van der Waals surface area contributed by atoms with E-state index in [2.05, 4.69) is 43.5 Å². The van der Waals surface area contributed by atoms with Gasteiger partial charge in [-0.3, -0.25) is 0 Å². The molecule has 15 heavy (non-hydrogen) atoms. The lowest BCUT2D eigenvalue weighted by atomic mass is 9.88. The molecule has 0 bridgehead atoms. The summed E-state index contributed by atoms with van der Waals surface area (Å²) in [5, 5.41) is 3.65. The lowest BCUT2D eigenvalue weighted by molar-refractivity contribution is 0.420. The van der Waals surface area contributed by atoms with Crippen LogP contribution in [0.5, 0.6) is 0 Å². The van der Waals surface area contributed by atoms with Gasteiger partial charge < -0.3 is 0 Å². The van der Waals surface area contributed by atoms with Crippen LogP contribution in [0.25, 0.3) is 10.1 Å². The number of fused-ring (bicyclic) bond motifs is 1. The second-order valence-electron chi connectivity index (χ2n) is 4.73. The molecule has 0 aliphatic rings. The molecule has 0 nitrogen and oxygen atoms in total. The highest BCUT2D eigenvalue weighted by Gasteiger charge is 2.18. The fourth-order valence-corrected chi connectivity index (χ4v) is 2.79. The van der Waals surface area contributed by atoms with Crippen molar-refractivity contribution in [2.75, 3.05) is 5.88 Å². The second-order valence-corrected chi connectivity index (χ2v) is 5.91. The van der Waals surface area contributed by atoms with Gasteiger partial charge in [0.15, 0.2) is 0 Å². The van der Waals surface area contributed by atoms with E-state index in [-0.39, 0.29) is 5.41 Å². The molecule has 0 aliphatic heterocycles. The first kappa shape index (κ1) is 11.0. The Balaban J connectivity index is 2.37. The molecule has 0 fully saturated rings. The molecule has 0 aliphatic carbocycles. The maximum Gasteiger partial charge on any atom is 0.0345 e. The van der Waals surface area contributed by atoms with Gasteiger partial charge in [-0.1, -0.05) is 32.0 Å². The minimum atomic E-state index is 0.186. The zero-order chi connectivity index (χ0) is 10.9. The molecule has 0 radical (unpaired) electrons. The zero-order valence-electron chi connectivity index (χ0n) is 9.09. The predicted octanol–water partition coefficient (Wildman–Crippen LogP) is 4.71. The number of hydrogen-bond donors (Lipinski definition) is 0. The van der Waals surface area contributed by atoms with Crippen LogP contribution in [0.2, 0.25) is 0 Å². The quantitative estimate of drug-likeness (QED) is 0.680. The number of alkyl halides is 1. The van der Waals surface area contributed by atoms with E-state index >= 15 is 0 Å². The molecule has 0 unspecified atom stereocenters. The van der Waals surface area contributed by atoms with E-state index in [1.807, 2.05) is 11.3 Å². The summed E-state index contributed by atoms with van der Waals surface area (Å²) in [5.41, 5.74) is 1.62. The molecule has 80 valence electrons. The molecule has 0 spiro atoms. The largest absolute Gasteiger partial charge is 0.144 e. The second kappa shape index (κ2) is 4.15. The van der Waals surface area contributed by atoms with Gasteiger partial charge in [-0.15, -0.1) is 22.9 Å². The van der Waals surface area contributed by atoms with Crippen molar-refractivity contribution in [3.63, 3.8) is 0 Å². The van der Waals surface area contributed by atoms with Gasteiger partial charge in [0.05, 0.1) is 0 Å². The van der Waals surface area contributed by atoms with Crippen molar-refractivity contribution in [3.05, 3.63) is 35.2 Å². The highest BCUT2D eigenvalue weighted by molar-refractivity contribution is 7.17. The van der Waals surface area contributed by atoms with Crippen LogP contribution in [0.1, 0.15) is 19.4 Å². The normalized spacial score (nSPS) is 12.2. The maximum absolute atomic E-state index is 5.96. The molecule has 0 N–H and O–H groups in total. The molecular weight excluding hydrogens is 224 g/mol. The van der Waals surface area contributed by atoms with Gasteiger partial charge in [-0.2, -0.15) is 0 Å². The third kappa shape index (κ3) is 2.35. The molecule has 0 saturated heterocycles. The van der Waals surface area contributed by atoms with Gasteiger partial charge in [0.1, 0.15) is 0 Å². The first-order valence-electron chi connectivity index (χ1n) is 5.13. The summed E-state index contributed by atoms with van der Waals surface area (Å²) >= 11 is 7.79. The summed E-state index contributed by atoms with van der Waals surface area (Å²) < 4.78 is 1.37. The van der Waals surface area contributed by atoms with E-state index in [1.165, 1.54) is 15.6 Å². The van der Waals surface area contributed by atoms with Crippen LogP contribution in [0, 0.1) is 5.41 Å². The standard InChI is InChI=1S/C13H15ClS/c1-13(2,9-14)7-10-8-15-12-6-4-3-5-11(10)12/h3-6,8H,7,9H2,1-2H3. The van der Waals surface area contributed by atoms with E-state index in [9.17, 15) is 0 Å². The summed E-state index contributed by atoms with van der Waals surface area (Å²) in [6.45, 7) is 4.43. The van der Waals surface area contributed by atoms with Crippen LogP contribution >= 0.6 is 22.9 Å². The minimum Gasteiger partial charge on any atom is -0.144 e. The number of halogens is 1. The molecule has 1 heterocycles. The Morgan fingerprint density at radius 2 is 2.00 bits per heavy atom. The van der Waals surface area contributed by atoms with E-state index in [1.54, 1.807) is 0 Å². The van der Waals surface area contributed by atoms with E-state index < -0.39 is 0 Å². The Bertz CT molecular complexity index is 456. The van der Waals surface area contributed by atoms with Gasteiger partial charge in [0.25, 0.3) is 0 Å². The summed E-state index contributed by atoms with van der Waals surface area (Å²) in [6.07, 6.45) is 1.06. The van der Waals surface area contributed by atoms with Crippen molar-refractivity contribution in [3.8, 4) is 0 Å². The van der Waals surface area contributed by atoms with Crippen molar-refractivity contribution in [1.29, 1.82) is 0 Å². The third-order valence-corrected chi connectivity index (χ3v) is 4.33. The van der Waals surface area contributed by atoms with E-state index in [0.717, 1.165) is 6.42 Å². The lowest BCUT2D eigenvalue weighted by Gasteiger charge is -2.20. The molecule has 0 atom stereocenters. The molecule has 0 amide bonds. The Morgan fingerprint density at radius 3 is 2.73 bits per heavy atom. The average molecular weight is 239 g/mol. The fraction of sp³-hybridized carbons (Fsp3) is 0.385. The Morgan fingerprint density at radius 1 is 1.27 bits per heavy atom. The molecule has 1 aromatic heterocycles. The van der Waals surface area contributed by atoms with Gasteiger partial charge in [-0.05, 0) is 34.2 Å². The number of thiophene rings is 1. The first-order valence-corrected chi connectivity index (χ1v) is 6.55. The topological polar surface area (TPSA) is 0 Å². The Hall–Kier alpha value is -0.530. The van der Waals surface area contributed by atoms with Crippen molar-refractivity contribution in [2.45, 2.75) is 20.3 Å². The lowest BCUT2D eigenvalue weighted by Crippen LogP contribution is -2.16. The summed E-state index contributed by atoms with van der Waals surface area (Å²) in [5.74, 6) is 0.706. The maximum atomic E-state index is 5.96. The first-order chi connectivity index (χ1) is 7.12. The van der Waals surface area contributed by atoms with Gasteiger partial charge in [0, 0.05) is 10.6 Å². The van der Waals surface area contributed by atoms with Crippen LogP contribution in [0.4, 0.5) is 0 Å². The van der Waals surface area contributed by atoms with Crippen molar-refractivity contribution >= 4 is 33.0 Å². The Labute approximate surface area is 99.9 Å². The predicted molar refractivity (Wildman–Crippen MR) is 70.0 cm³/mol. The number of benzene rings is 1. The molecule has 2 heteroatoms. The number of hydrogen-bond acceptors (Lipinski definition) is 1. The van der Waals surface area contributed by atoms with Gasteiger partial charge in [-0.25, -0.2) is 0 Å². The van der Waals surface area contributed by atoms with Crippen LogP contribution < -0.4 is 0 Å². The summed E-state index contributed by atoms with van der Waals surface area (Å²) in [4.78, 5) is 0. The zero-order valence-corrected chi connectivity index (χ0v) is 10.7. The number of rotatable bonds is 3. The highest BCUT2D eigenvalue weighted by Crippen LogP contribution is 2.31. The van der Waals surface area contributed by atoms with Crippen LogP contribution in [0.15, 0.2) is 29.6 Å². The molecule has 0 saturated carbocycles. The summed E-state index contributed by atoms with van der Waals surface area (Å²) in [6, 6.07) is 8.57. The van der Waals surface area contributed by atoms with Crippen molar-refractivity contribution in [2.24, 2.45) is 5.41 Å². The molecule has 2 aromatic rings. The minimum absolute atomic E-state index is 0.186. The van der Waals surface area contributed by atoms with Crippen molar-refractivity contribution < 1.29 is 0 Å². The SMILES string of the molecule is CC(C)(CCl)Cc1csc2ccccc12. The van der Waals surface area contributed by atoms with E-state index in [4.69, 9.17) is 11.6 Å². The van der Waals surface area contributed by atoms with Crippen LogP contribution in [-0.2, 0) is 6.42 Å². The smallest absolute Gasteiger partial charge is 0.0345 e. The van der Waals surface area contributed by atoms with Crippen LogP contribution in [0.3, 0.4) is 0 Å². The fourth-order valence-electron chi connectivity index (χ4n) is 1.73. The van der Waals surface area contributed by atoms with Gasteiger partial charge in [0.2, 0.25) is 0 Å².